The van der Waals surface area contributed by atoms with Crippen molar-refractivity contribution in [3.05, 3.63) is 71.2 Å². The number of benzene rings is 1. The Morgan fingerprint density at radius 1 is 1.17 bits per heavy atom. The Hall–Kier alpha value is -2.88. The monoisotopic (exact) mass is 308 g/mol. The molecule has 0 bridgehead atoms. The highest BCUT2D eigenvalue weighted by molar-refractivity contribution is 6.05. The minimum absolute atomic E-state index is 0.199. The molecular weight excluding hydrogens is 290 g/mol. The molecule has 3 rings (SSSR count). The molecule has 116 valence electrons. The average Bonchev–Trinajstić information content (AvgIpc) is 2.94. The summed E-state index contributed by atoms with van der Waals surface area (Å²) in [7, 11) is 0. The van der Waals surface area contributed by atoms with Crippen LogP contribution in [0.5, 0.6) is 0 Å². The van der Waals surface area contributed by atoms with Crippen LogP contribution >= 0.6 is 0 Å². The van der Waals surface area contributed by atoms with Crippen LogP contribution in [-0.4, -0.2) is 17.7 Å². The summed E-state index contributed by atoms with van der Waals surface area (Å²) in [5.74, 6) is -0.171. The first-order valence-electron chi connectivity index (χ1n) is 7.52. The number of fused-ring (bicyclic) bond motifs is 1. The summed E-state index contributed by atoms with van der Waals surface area (Å²) in [5.41, 5.74) is 3.97. The van der Waals surface area contributed by atoms with Crippen molar-refractivity contribution >= 4 is 23.3 Å². The first kappa shape index (κ1) is 15.0. The third-order valence-electron chi connectivity index (χ3n) is 3.71. The maximum atomic E-state index is 11.9. The molecule has 0 radical (unpaired) electrons. The van der Waals surface area contributed by atoms with Crippen LogP contribution in [-0.2, 0) is 4.74 Å². The Morgan fingerprint density at radius 2 is 1.91 bits per heavy atom. The number of nitrogens with zero attached hydrogens (tertiary/aromatic N) is 1. The van der Waals surface area contributed by atoms with Crippen LogP contribution < -0.4 is 4.57 Å². The molecule has 2 heterocycles. The molecule has 0 unspecified atom stereocenters. The summed E-state index contributed by atoms with van der Waals surface area (Å²) in [6.07, 6.45) is 3.70. The smallest absolute Gasteiger partial charge is 0.344 e. The molecule has 23 heavy (non-hydrogen) atoms. The van der Waals surface area contributed by atoms with Gasteiger partial charge < -0.3 is 9.84 Å². The highest BCUT2D eigenvalue weighted by Crippen LogP contribution is 2.32. The molecule has 0 aliphatic carbocycles. The molecule has 2 aromatic rings. The van der Waals surface area contributed by atoms with E-state index in [9.17, 15) is 9.90 Å². The molecule has 1 aromatic heterocycles. The van der Waals surface area contributed by atoms with Gasteiger partial charge in [-0.25, -0.2) is 4.79 Å². The van der Waals surface area contributed by atoms with Crippen LogP contribution in [0.3, 0.4) is 0 Å². The van der Waals surface area contributed by atoms with E-state index in [0.29, 0.717) is 17.9 Å². The van der Waals surface area contributed by atoms with Gasteiger partial charge in [0.2, 0.25) is 5.69 Å². The number of hydrogen-bond donors (Lipinski definition) is 1. The number of carbonyl (C=O) groups excluding carboxylic acids is 1. The van der Waals surface area contributed by atoms with Gasteiger partial charge in [-0.1, -0.05) is 30.3 Å². The molecule has 1 N–H and O–H groups in total. The van der Waals surface area contributed by atoms with E-state index < -0.39 is 0 Å². The van der Waals surface area contributed by atoms with E-state index in [1.165, 1.54) is 0 Å². The number of allylic oxidation sites excluding steroid dienone is 3. The van der Waals surface area contributed by atoms with Crippen LogP contribution in [0.4, 0.5) is 0 Å². The van der Waals surface area contributed by atoms with E-state index >= 15 is 0 Å². The van der Waals surface area contributed by atoms with E-state index in [-0.39, 0.29) is 11.7 Å². The van der Waals surface area contributed by atoms with Gasteiger partial charge in [-0.2, -0.15) is 4.57 Å². The second kappa shape index (κ2) is 6.08. The lowest BCUT2D eigenvalue weighted by Gasteiger charge is -2.04. The van der Waals surface area contributed by atoms with Crippen molar-refractivity contribution < 1.29 is 19.2 Å². The number of esters is 1. The third kappa shape index (κ3) is 2.75. The normalized spacial score (nSPS) is 15.0. The van der Waals surface area contributed by atoms with Gasteiger partial charge in [0.15, 0.2) is 12.0 Å². The average molecular weight is 308 g/mol. The minimum Gasteiger partial charge on any atom is -0.506 e. The first-order valence-corrected chi connectivity index (χ1v) is 7.52. The molecule has 0 fully saturated rings. The maximum absolute atomic E-state index is 11.9. The van der Waals surface area contributed by atoms with E-state index in [1.54, 1.807) is 26.1 Å². The Bertz CT molecular complexity index is 816. The van der Waals surface area contributed by atoms with Crippen LogP contribution in [0.25, 0.3) is 17.3 Å². The largest absolute Gasteiger partial charge is 0.506 e. The van der Waals surface area contributed by atoms with Gasteiger partial charge in [-0.05, 0) is 25.5 Å². The van der Waals surface area contributed by atoms with Gasteiger partial charge in [0.05, 0.1) is 12.2 Å². The Balaban J connectivity index is 2.09. The summed E-state index contributed by atoms with van der Waals surface area (Å²) in [6.45, 7) is 3.75. The summed E-state index contributed by atoms with van der Waals surface area (Å²) in [5, 5.41) is 10.2. The summed E-state index contributed by atoms with van der Waals surface area (Å²) in [4.78, 5) is 11.9. The predicted octanol–water partition coefficient (Wildman–Crippen LogP) is 3.45. The number of aromatic nitrogens is 1. The van der Waals surface area contributed by atoms with Crippen molar-refractivity contribution in [3.63, 3.8) is 0 Å². The van der Waals surface area contributed by atoms with Crippen LogP contribution in [0, 0.1) is 0 Å². The zero-order valence-electron chi connectivity index (χ0n) is 13.1. The lowest BCUT2D eigenvalue weighted by molar-refractivity contribution is -0.578. The van der Waals surface area contributed by atoms with Gasteiger partial charge in [-0.3, -0.25) is 0 Å². The number of rotatable bonds is 3. The van der Waals surface area contributed by atoms with Gasteiger partial charge in [0.1, 0.15) is 5.56 Å². The van der Waals surface area contributed by atoms with Crippen LogP contribution in [0.1, 0.15) is 35.5 Å². The molecule has 1 aliphatic rings. The second-order valence-corrected chi connectivity index (χ2v) is 5.29. The SMILES string of the molecule is CCOC(=O)c1ccc2[n+](c1)/C(=C(/C)O)C(c1ccccc1)=C2. The fourth-order valence-corrected chi connectivity index (χ4v) is 2.71. The highest BCUT2D eigenvalue weighted by atomic mass is 16.5. The fourth-order valence-electron chi connectivity index (χ4n) is 2.71. The molecule has 0 saturated carbocycles. The third-order valence-corrected chi connectivity index (χ3v) is 3.71. The van der Waals surface area contributed by atoms with Crippen LogP contribution in [0.2, 0.25) is 0 Å². The zero-order valence-corrected chi connectivity index (χ0v) is 13.1. The Kier molecular flexibility index (Phi) is 3.98. The van der Waals surface area contributed by atoms with E-state index in [1.807, 2.05) is 47.0 Å². The number of pyridine rings is 1. The molecule has 0 saturated heterocycles. The van der Waals surface area contributed by atoms with Gasteiger partial charge >= 0.3 is 5.97 Å². The van der Waals surface area contributed by atoms with E-state index in [2.05, 4.69) is 0 Å². The molecule has 4 nitrogen and oxygen atoms in total. The summed E-state index contributed by atoms with van der Waals surface area (Å²) in [6, 6.07) is 13.4. The fraction of sp³-hybridized carbons (Fsp3) is 0.158. The van der Waals surface area contributed by atoms with Crippen molar-refractivity contribution in [2.24, 2.45) is 0 Å². The van der Waals surface area contributed by atoms with Crippen molar-refractivity contribution in [2.45, 2.75) is 13.8 Å². The molecule has 1 aromatic carbocycles. The van der Waals surface area contributed by atoms with Crippen LogP contribution in [0.15, 0.2) is 54.4 Å². The van der Waals surface area contributed by atoms with Crippen molar-refractivity contribution in [1.29, 1.82) is 0 Å². The number of aliphatic hydroxyl groups is 1. The maximum Gasteiger partial charge on any atom is 0.344 e. The van der Waals surface area contributed by atoms with Crippen molar-refractivity contribution in [1.82, 2.24) is 0 Å². The highest BCUT2D eigenvalue weighted by Gasteiger charge is 2.32. The second-order valence-electron chi connectivity index (χ2n) is 5.29. The summed E-state index contributed by atoms with van der Waals surface area (Å²) >= 11 is 0. The minimum atomic E-state index is -0.370. The topological polar surface area (TPSA) is 50.4 Å². The van der Waals surface area contributed by atoms with Crippen molar-refractivity contribution in [2.75, 3.05) is 6.61 Å². The molecule has 0 amide bonds. The molecule has 0 atom stereocenters. The van der Waals surface area contributed by atoms with Crippen molar-refractivity contribution in [3.8, 4) is 0 Å². The lowest BCUT2D eigenvalue weighted by atomic mass is 10.0. The Labute approximate surface area is 135 Å². The molecular formula is C19H18NO3+. The molecule has 0 spiro atoms. The molecule has 4 heteroatoms. The zero-order chi connectivity index (χ0) is 16.4. The van der Waals surface area contributed by atoms with E-state index in [0.717, 1.165) is 16.8 Å². The quantitative estimate of drug-likeness (QED) is 0.537. The number of aliphatic hydroxyl groups excluding tert-OH is 1. The van der Waals surface area contributed by atoms with Gasteiger partial charge in [-0.15, -0.1) is 0 Å². The standard InChI is InChI=1S/C19H17NO3/c1-3-23-19(22)15-9-10-16-11-17(14-7-5-4-6-8-14)18(13(2)21)20(16)12-15/h4-12H,3H2,1-2H3/p+1. The number of ether oxygens (including phenoxy) is 1. The first-order chi connectivity index (χ1) is 11.1. The summed E-state index contributed by atoms with van der Waals surface area (Å²) < 4.78 is 6.87. The van der Waals surface area contributed by atoms with E-state index in [4.69, 9.17) is 4.74 Å². The predicted molar refractivity (Wildman–Crippen MR) is 88.4 cm³/mol. The Morgan fingerprint density at radius 3 is 2.57 bits per heavy atom. The lowest BCUT2D eigenvalue weighted by Crippen LogP contribution is -2.34. The van der Waals surface area contributed by atoms with Gasteiger partial charge in [0.25, 0.3) is 5.70 Å². The number of hydrogen-bond acceptors (Lipinski definition) is 3. The van der Waals surface area contributed by atoms with Gasteiger partial charge in [0, 0.05) is 12.1 Å². The molecule has 1 aliphatic heterocycles. The number of carbonyl (C=O) groups is 1.